The van der Waals surface area contributed by atoms with Gasteiger partial charge in [0.2, 0.25) is 10.0 Å². The summed E-state index contributed by atoms with van der Waals surface area (Å²) >= 11 is 1.50. The molecule has 4 aromatic rings. The van der Waals surface area contributed by atoms with Crippen LogP contribution in [0.15, 0.2) is 52.9 Å². The number of methoxy groups -OCH3 is 1. The molecule has 0 saturated heterocycles. The average Bonchev–Trinajstić information content (AvgIpc) is 3.34. The summed E-state index contributed by atoms with van der Waals surface area (Å²) in [6, 6.07) is 10.0. The van der Waals surface area contributed by atoms with E-state index >= 15 is 0 Å². The summed E-state index contributed by atoms with van der Waals surface area (Å²) in [5, 5.41) is 2.00. The Morgan fingerprint density at radius 3 is 2.41 bits per heavy atom. The third-order valence-corrected chi connectivity index (χ3v) is 8.88. The molecule has 2 heterocycles. The van der Waals surface area contributed by atoms with E-state index in [1.54, 1.807) is 19.2 Å². The van der Waals surface area contributed by atoms with E-state index in [-0.39, 0.29) is 12.4 Å². The minimum atomic E-state index is -3.70. The monoisotopic (exact) mass is 501 g/mol. The molecule has 0 aliphatic heterocycles. The van der Waals surface area contributed by atoms with Crippen molar-refractivity contribution in [2.45, 2.75) is 32.1 Å². The number of benzene rings is 2. The van der Waals surface area contributed by atoms with Crippen LogP contribution in [0.2, 0.25) is 0 Å². The molecule has 0 spiro atoms. The Morgan fingerprint density at radius 2 is 1.76 bits per heavy atom. The number of aryl methyl sites for hydroxylation is 3. The molecule has 2 aromatic heterocycles. The van der Waals surface area contributed by atoms with Crippen molar-refractivity contribution < 1.29 is 17.5 Å². The molecule has 6 nitrogen and oxygen atoms in total. The van der Waals surface area contributed by atoms with Crippen molar-refractivity contribution in [1.29, 1.82) is 0 Å². The molecule has 0 aliphatic carbocycles. The first-order valence-corrected chi connectivity index (χ1v) is 13.3. The van der Waals surface area contributed by atoms with Crippen LogP contribution < -0.4 is 0 Å². The molecule has 180 valence electrons. The molecule has 0 aliphatic rings. The number of thiazole rings is 1. The first-order chi connectivity index (χ1) is 16.2. The zero-order chi connectivity index (χ0) is 24.5. The van der Waals surface area contributed by atoms with E-state index in [9.17, 15) is 12.8 Å². The van der Waals surface area contributed by atoms with Crippen LogP contribution >= 0.6 is 11.3 Å². The molecule has 4 rings (SSSR count). The van der Waals surface area contributed by atoms with Crippen LogP contribution in [0.1, 0.15) is 22.4 Å². The van der Waals surface area contributed by atoms with Crippen LogP contribution in [0, 0.1) is 26.6 Å². The second-order valence-electron chi connectivity index (χ2n) is 8.39. The third-order valence-electron chi connectivity index (χ3n) is 5.79. The van der Waals surface area contributed by atoms with Crippen LogP contribution in [-0.2, 0) is 21.2 Å². The lowest BCUT2D eigenvalue weighted by atomic mass is 10.1. The highest BCUT2D eigenvalue weighted by Crippen LogP contribution is 2.27. The maximum absolute atomic E-state index is 13.7. The maximum Gasteiger partial charge on any atom is 0.243 e. The van der Waals surface area contributed by atoms with Crippen molar-refractivity contribution in [3.63, 3.8) is 0 Å². The molecule has 9 heteroatoms. The normalized spacial score (nSPS) is 12.2. The van der Waals surface area contributed by atoms with Crippen LogP contribution in [-0.4, -0.2) is 48.9 Å². The van der Waals surface area contributed by atoms with E-state index < -0.39 is 10.0 Å². The number of aromatic nitrogens is 2. The average molecular weight is 502 g/mol. The Labute approximate surface area is 203 Å². The largest absolute Gasteiger partial charge is 0.383 e. The minimum absolute atomic E-state index is 0.267. The Kier molecular flexibility index (Phi) is 7.18. The number of hydrogen-bond acceptors (Lipinski definition) is 5. The van der Waals surface area contributed by atoms with E-state index in [4.69, 9.17) is 4.74 Å². The van der Waals surface area contributed by atoms with Crippen molar-refractivity contribution in [3.05, 3.63) is 76.2 Å². The molecule has 2 aromatic carbocycles. The molecule has 0 atom stereocenters. The summed E-state index contributed by atoms with van der Waals surface area (Å²) in [6.45, 7) is 6.53. The number of ether oxygens (including phenoxy) is 1. The molecule has 0 bridgehead atoms. The predicted octanol–water partition coefficient (Wildman–Crippen LogP) is 5.01. The SMILES string of the molecule is COCCN(CCc1csc2nc(-c3ccc(F)cc3)cn12)S(=O)(=O)c1c(C)cc(C)cc1C. The van der Waals surface area contributed by atoms with Crippen molar-refractivity contribution >= 4 is 26.3 Å². The van der Waals surface area contributed by atoms with E-state index in [0.717, 1.165) is 38.6 Å². The van der Waals surface area contributed by atoms with Crippen molar-refractivity contribution in [1.82, 2.24) is 13.7 Å². The van der Waals surface area contributed by atoms with Gasteiger partial charge in [-0.2, -0.15) is 4.31 Å². The van der Waals surface area contributed by atoms with Gasteiger partial charge in [-0.1, -0.05) is 17.7 Å². The van der Waals surface area contributed by atoms with Gasteiger partial charge in [-0.15, -0.1) is 11.3 Å². The van der Waals surface area contributed by atoms with Gasteiger partial charge in [-0.05, 0) is 56.2 Å². The van der Waals surface area contributed by atoms with Gasteiger partial charge < -0.3 is 4.74 Å². The smallest absolute Gasteiger partial charge is 0.243 e. The fraction of sp³-hybridized carbons (Fsp3) is 0.320. The van der Waals surface area contributed by atoms with Gasteiger partial charge >= 0.3 is 0 Å². The fourth-order valence-corrected chi connectivity index (χ4v) is 7.00. The van der Waals surface area contributed by atoms with Gasteiger partial charge in [-0.25, -0.2) is 17.8 Å². The molecule has 0 unspecified atom stereocenters. The summed E-state index contributed by atoms with van der Waals surface area (Å²) in [5.74, 6) is -0.290. The Balaban J connectivity index is 1.61. The van der Waals surface area contributed by atoms with Crippen LogP contribution in [0.25, 0.3) is 16.2 Å². The second kappa shape index (κ2) is 9.95. The number of hydrogen-bond donors (Lipinski definition) is 0. The second-order valence-corrected chi connectivity index (χ2v) is 11.1. The first-order valence-electron chi connectivity index (χ1n) is 11.0. The highest BCUT2D eigenvalue weighted by Gasteiger charge is 2.28. The topological polar surface area (TPSA) is 63.9 Å². The molecule has 34 heavy (non-hydrogen) atoms. The van der Waals surface area contributed by atoms with Gasteiger partial charge in [0, 0.05) is 49.5 Å². The molecule has 0 radical (unpaired) electrons. The van der Waals surface area contributed by atoms with Gasteiger partial charge in [0.05, 0.1) is 17.2 Å². The van der Waals surface area contributed by atoms with Crippen molar-refractivity contribution in [2.75, 3.05) is 26.8 Å². The quantitative estimate of drug-likeness (QED) is 0.324. The Morgan fingerprint density at radius 1 is 1.09 bits per heavy atom. The summed E-state index contributed by atoms with van der Waals surface area (Å²) < 4.78 is 49.3. The van der Waals surface area contributed by atoms with Crippen LogP contribution in [0.5, 0.6) is 0 Å². The molecule has 0 fully saturated rings. The fourth-order valence-electron chi connectivity index (χ4n) is 4.26. The van der Waals surface area contributed by atoms with E-state index in [1.807, 2.05) is 48.9 Å². The van der Waals surface area contributed by atoms with Crippen molar-refractivity contribution in [2.24, 2.45) is 0 Å². The molecule has 0 saturated carbocycles. The molecular weight excluding hydrogens is 473 g/mol. The lowest BCUT2D eigenvalue weighted by molar-refractivity contribution is 0.179. The number of rotatable bonds is 9. The summed E-state index contributed by atoms with van der Waals surface area (Å²) in [5.41, 5.74) is 5.08. The van der Waals surface area contributed by atoms with Crippen molar-refractivity contribution in [3.8, 4) is 11.3 Å². The van der Waals surface area contributed by atoms with Gasteiger partial charge in [0.25, 0.3) is 0 Å². The van der Waals surface area contributed by atoms with Crippen LogP contribution in [0.4, 0.5) is 4.39 Å². The summed E-state index contributed by atoms with van der Waals surface area (Å²) in [7, 11) is -2.14. The Hall–Kier alpha value is -2.59. The number of sulfonamides is 1. The van der Waals surface area contributed by atoms with E-state index in [1.165, 1.54) is 27.8 Å². The molecule has 0 amide bonds. The first kappa shape index (κ1) is 24.5. The zero-order valence-corrected chi connectivity index (χ0v) is 21.3. The number of nitrogens with zero attached hydrogens (tertiary/aromatic N) is 3. The van der Waals surface area contributed by atoms with E-state index in [2.05, 4.69) is 4.98 Å². The summed E-state index contributed by atoms with van der Waals surface area (Å²) in [4.78, 5) is 5.82. The molecular formula is C25H28FN3O3S2. The van der Waals surface area contributed by atoms with Gasteiger partial charge in [-0.3, -0.25) is 4.40 Å². The van der Waals surface area contributed by atoms with E-state index in [0.29, 0.717) is 24.5 Å². The number of imidazole rings is 1. The zero-order valence-electron chi connectivity index (χ0n) is 19.7. The number of halogens is 1. The van der Waals surface area contributed by atoms with Gasteiger partial charge in [0.1, 0.15) is 5.82 Å². The lowest BCUT2D eigenvalue weighted by Crippen LogP contribution is -2.36. The highest BCUT2D eigenvalue weighted by molar-refractivity contribution is 7.89. The molecule has 0 N–H and O–H groups in total. The Bertz CT molecular complexity index is 1390. The maximum atomic E-state index is 13.7. The highest BCUT2D eigenvalue weighted by atomic mass is 32.2. The van der Waals surface area contributed by atoms with Gasteiger partial charge in [0.15, 0.2) is 4.96 Å². The minimum Gasteiger partial charge on any atom is -0.383 e. The standard InChI is InChI=1S/C25H28FN3O3S2/c1-17-13-18(2)24(19(3)14-17)34(30,31)28(11-12-32-4)10-9-22-16-33-25-27-23(15-29(22)25)20-5-7-21(26)8-6-20/h5-8,13-16H,9-12H2,1-4H3. The third kappa shape index (κ3) is 4.93. The predicted molar refractivity (Wildman–Crippen MR) is 133 cm³/mol. The van der Waals surface area contributed by atoms with Crippen LogP contribution in [0.3, 0.4) is 0 Å². The lowest BCUT2D eigenvalue weighted by Gasteiger charge is -2.24. The number of fused-ring (bicyclic) bond motifs is 1. The summed E-state index contributed by atoms with van der Waals surface area (Å²) in [6.07, 6.45) is 2.43.